The van der Waals surface area contributed by atoms with Crippen molar-refractivity contribution < 1.29 is 4.74 Å². The number of nitrogens with zero attached hydrogens (tertiary/aromatic N) is 3. The largest absolute Gasteiger partial charge is 0.385 e. The van der Waals surface area contributed by atoms with Gasteiger partial charge in [0, 0.05) is 31.9 Å². The van der Waals surface area contributed by atoms with Crippen molar-refractivity contribution in [2.24, 2.45) is 5.92 Å². The van der Waals surface area contributed by atoms with Gasteiger partial charge in [-0.2, -0.15) is 10.2 Å². The van der Waals surface area contributed by atoms with Crippen LogP contribution in [0, 0.1) is 29.1 Å². The normalized spacial score (nSPS) is 13.0. The van der Waals surface area contributed by atoms with E-state index in [-0.39, 0.29) is 0 Å². The van der Waals surface area contributed by atoms with Crippen LogP contribution < -0.4 is 10.6 Å². The summed E-state index contributed by atoms with van der Waals surface area (Å²) < 4.78 is 5.10. The molecule has 6 heteroatoms. The maximum absolute atomic E-state index is 8.89. The predicted octanol–water partition coefficient (Wildman–Crippen LogP) is 3.69. The molecule has 1 aromatic carbocycles. The second-order valence-electron chi connectivity index (χ2n) is 6.44. The van der Waals surface area contributed by atoms with Crippen LogP contribution >= 0.6 is 0 Å². The van der Waals surface area contributed by atoms with Gasteiger partial charge in [0.15, 0.2) is 0 Å². The highest BCUT2D eigenvalue weighted by Gasteiger charge is 2.14. The fourth-order valence-electron chi connectivity index (χ4n) is 2.58. The maximum Gasteiger partial charge on any atom is 0.229 e. The number of methoxy groups -OCH3 is 1. The summed E-state index contributed by atoms with van der Waals surface area (Å²) in [6.07, 6.45) is 6.27. The molecular formula is C21H23N5O. The zero-order chi connectivity index (χ0) is 18.9. The molecule has 27 heavy (non-hydrogen) atoms. The fraction of sp³-hybridized carbons (Fsp3) is 0.381. The molecule has 1 aliphatic carbocycles. The van der Waals surface area contributed by atoms with E-state index in [0.717, 1.165) is 30.0 Å². The Morgan fingerprint density at radius 3 is 2.74 bits per heavy atom. The first-order valence-corrected chi connectivity index (χ1v) is 9.17. The van der Waals surface area contributed by atoms with Gasteiger partial charge in [0.2, 0.25) is 5.95 Å². The SMILES string of the molecule is COCCCNc1nc(Nc2ccc(C#N)cc2)ncc1C#CC1CCC1. The van der Waals surface area contributed by atoms with Crippen LogP contribution in [-0.4, -0.2) is 30.2 Å². The van der Waals surface area contributed by atoms with Crippen LogP contribution in [0.25, 0.3) is 0 Å². The Morgan fingerprint density at radius 1 is 1.26 bits per heavy atom. The van der Waals surface area contributed by atoms with E-state index >= 15 is 0 Å². The first kappa shape index (κ1) is 18.7. The molecule has 0 atom stereocenters. The van der Waals surface area contributed by atoms with E-state index in [1.54, 1.807) is 25.4 Å². The molecule has 0 unspecified atom stereocenters. The third kappa shape index (κ3) is 5.44. The maximum atomic E-state index is 8.89. The molecule has 1 aliphatic rings. The quantitative estimate of drug-likeness (QED) is 0.578. The number of hydrogen-bond donors (Lipinski definition) is 2. The summed E-state index contributed by atoms with van der Waals surface area (Å²) in [7, 11) is 1.69. The summed E-state index contributed by atoms with van der Waals surface area (Å²) in [6.45, 7) is 1.44. The summed E-state index contributed by atoms with van der Waals surface area (Å²) >= 11 is 0. The van der Waals surface area contributed by atoms with Gasteiger partial charge in [-0.1, -0.05) is 18.3 Å². The monoisotopic (exact) mass is 361 g/mol. The van der Waals surface area contributed by atoms with Crippen LogP contribution in [0.2, 0.25) is 0 Å². The van der Waals surface area contributed by atoms with Crippen LogP contribution in [0.1, 0.15) is 36.8 Å². The van der Waals surface area contributed by atoms with Gasteiger partial charge >= 0.3 is 0 Å². The third-order valence-electron chi connectivity index (χ3n) is 4.39. The van der Waals surface area contributed by atoms with Crippen molar-refractivity contribution in [3.05, 3.63) is 41.6 Å². The zero-order valence-electron chi connectivity index (χ0n) is 15.5. The molecule has 0 aliphatic heterocycles. The molecule has 0 spiro atoms. The van der Waals surface area contributed by atoms with Gasteiger partial charge in [0.1, 0.15) is 5.82 Å². The average molecular weight is 361 g/mol. The third-order valence-corrected chi connectivity index (χ3v) is 4.39. The lowest BCUT2D eigenvalue weighted by molar-refractivity contribution is 0.198. The van der Waals surface area contributed by atoms with E-state index in [2.05, 4.69) is 38.5 Å². The highest BCUT2D eigenvalue weighted by molar-refractivity contribution is 5.60. The van der Waals surface area contributed by atoms with Gasteiger partial charge in [-0.15, -0.1) is 0 Å². The van der Waals surface area contributed by atoms with Crippen LogP contribution in [-0.2, 0) is 4.74 Å². The van der Waals surface area contributed by atoms with Crippen LogP contribution in [0.5, 0.6) is 0 Å². The van der Waals surface area contributed by atoms with Gasteiger partial charge in [-0.05, 0) is 43.5 Å². The summed E-state index contributed by atoms with van der Waals surface area (Å²) in [5.41, 5.74) is 2.25. The number of hydrogen-bond acceptors (Lipinski definition) is 6. The average Bonchev–Trinajstić information content (AvgIpc) is 2.66. The van der Waals surface area contributed by atoms with E-state index in [9.17, 15) is 0 Å². The lowest BCUT2D eigenvalue weighted by Gasteiger charge is -2.18. The second kappa shape index (κ2) is 9.56. The molecule has 138 valence electrons. The summed E-state index contributed by atoms with van der Waals surface area (Å²) in [5.74, 6) is 8.26. The first-order valence-electron chi connectivity index (χ1n) is 9.17. The van der Waals surface area contributed by atoms with Crippen molar-refractivity contribution in [3.8, 4) is 17.9 Å². The fourth-order valence-corrected chi connectivity index (χ4v) is 2.58. The zero-order valence-corrected chi connectivity index (χ0v) is 15.5. The predicted molar refractivity (Wildman–Crippen MR) is 106 cm³/mol. The molecule has 0 amide bonds. The molecular weight excluding hydrogens is 338 g/mol. The Balaban J connectivity index is 1.75. The van der Waals surface area contributed by atoms with Gasteiger partial charge in [0.25, 0.3) is 0 Å². The molecule has 3 rings (SSSR count). The minimum absolute atomic E-state index is 0.489. The van der Waals surface area contributed by atoms with Crippen LogP contribution in [0.3, 0.4) is 0 Å². The summed E-state index contributed by atoms with van der Waals surface area (Å²) in [5, 5.41) is 15.4. The topological polar surface area (TPSA) is 82.9 Å². The number of nitriles is 1. The summed E-state index contributed by atoms with van der Waals surface area (Å²) in [6, 6.07) is 9.28. The molecule has 1 heterocycles. The summed E-state index contributed by atoms with van der Waals surface area (Å²) in [4.78, 5) is 8.98. The van der Waals surface area contributed by atoms with Gasteiger partial charge < -0.3 is 15.4 Å². The van der Waals surface area contributed by atoms with Crippen molar-refractivity contribution in [1.29, 1.82) is 5.26 Å². The molecule has 1 saturated carbocycles. The van der Waals surface area contributed by atoms with E-state index in [1.165, 1.54) is 19.3 Å². The van der Waals surface area contributed by atoms with E-state index in [1.807, 2.05) is 12.1 Å². The molecule has 0 saturated heterocycles. The van der Waals surface area contributed by atoms with E-state index in [4.69, 9.17) is 10.00 Å². The van der Waals surface area contributed by atoms with E-state index in [0.29, 0.717) is 24.0 Å². The van der Waals surface area contributed by atoms with Crippen LogP contribution in [0.4, 0.5) is 17.5 Å². The minimum atomic E-state index is 0.489. The van der Waals surface area contributed by atoms with Gasteiger partial charge in [-0.3, -0.25) is 0 Å². The van der Waals surface area contributed by atoms with Crippen molar-refractivity contribution in [3.63, 3.8) is 0 Å². The number of nitrogens with one attached hydrogen (secondary N) is 2. The van der Waals surface area contributed by atoms with Crippen LogP contribution in [0.15, 0.2) is 30.5 Å². The van der Waals surface area contributed by atoms with E-state index < -0.39 is 0 Å². The first-order chi connectivity index (χ1) is 13.3. The van der Waals surface area contributed by atoms with Crippen molar-refractivity contribution in [1.82, 2.24) is 9.97 Å². The van der Waals surface area contributed by atoms with Crippen molar-refractivity contribution >= 4 is 17.5 Å². The molecule has 2 aromatic rings. The number of anilines is 3. The number of benzene rings is 1. The number of rotatable bonds is 7. The molecule has 1 fully saturated rings. The molecule has 2 N–H and O–H groups in total. The molecule has 1 aromatic heterocycles. The Kier molecular flexibility index (Phi) is 6.62. The lowest BCUT2D eigenvalue weighted by Crippen LogP contribution is -2.10. The Hall–Kier alpha value is -3.09. The smallest absolute Gasteiger partial charge is 0.229 e. The second-order valence-corrected chi connectivity index (χ2v) is 6.44. The standard InChI is InChI=1S/C21H23N5O/c1-27-13-3-12-23-20-18(9-6-16-4-2-5-16)15-24-21(26-20)25-19-10-7-17(14-22)8-11-19/h7-8,10-11,15-16H,2-5,12-13H2,1H3,(H2,23,24,25,26). The highest BCUT2D eigenvalue weighted by atomic mass is 16.5. The number of ether oxygens (including phenoxy) is 1. The lowest BCUT2D eigenvalue weighted by atomic mass is 9.86. The molecule has 0 bridgehead atoms. The van der Waals surface area contributed by atoms with Gasteiger partial charge in [0.05, 0.1) is 23.4 Å². The molecule has 0 radical (unpaired) electrons. The highest BCUT2D eigenvalue weighted by Crippen LogP contribution is 2.25. The Bertz CT molecular complexity index is 857. The van der Waals surface area contributed by atoms with Crippen molar-refractivity contribution in [2.45, 2.75) is 25.7 Å². The van der Waals surface area contributed by atoms with Crippen molar-refractivity contribution in [2.75, 3.05) is 30.9 Å². The Labute approximate surface area is 160 Å². The molecule has 6 nitrogen and oxygen atoms in total. The Morgan fingerprint density at radius 2 is 2.07 bits per heavy atom. The minimum Gasteiger partial charge on any atom is -0.385 e. The van der Waals surface area contributed by atoms with Gasteiger partial charge in [-0.25, -0.2) is 4.98 Å². The number of aromatic nitrogens is 2.